The Hall–Kier alpha value is -1.94. The molecular weight excluding hydrogens is 1330 g/mol. The van der Waals surface area contributed by atoms with E-state index in [1.165, 1.54) is 257 Å². The highest BCUT2D eigenvalue weighted by Crippen LogP contribution is 2.45. The number of hydrogen-bond acceptors (Lipinski definition) is 15. The van der Waals surface area contributed by atoms with Crippen molar-refractivity contribution in [3.63, 3.8) is 0 Å². The molecule has 0 spiro atoms. The van der Waals surface area contributed by atoms with Crippen LogP contribution in [0.1, 0.15) is 440 Å². The van der Waals surface area contributed by atoms with Crippen molar-refractivity contribution >= 4 is 39.5 Å². The first-order chi connectivity index (χ1) is 49.4. The molecule has 3 unspecified atom stereocenters. The fourth-order valence-electron chi connectivity index (χ4n) is 12.9. The van der Waals surface area contributed by atoms with Crippen LogP contribution in [0.15, 0.2) is 0 Å². The summed E-state index contributed by atoms with van der Waals surface area (Å²) in [5.74, 6) is -0.429. The van der Waals surface area contributed by atoms with E-state index in [1.807, 2.05) is 0 Å². The minimum Gasteiger partial charge on any atom is -0.462 e. The molecule has 0 saturated heterocycles. The van der Waals surface area contributed by atoms with Crippen molar-refractivity contribution in [2.24, 2.45) is 11.8 Å². The van der Waals surface area contributed by atoms with Gasteiger partial charge in [0.1, 0.15) is 19.3 Å². The second-order valence-electron chi connectivity index (χ2n) is 30.6. The van der Waals surface area contributed by atoms with Crippen LogP contribution in [-0.4, -0.2) is 96.7 Å². The number of carbonyl (C=O) groups excluding carboxylic acids is 4. The largest absolute Gasteiger partial charge is 0.472 e. The summed E-state index contributed by atoms with van der Waals surface area (Å²) in [6.45, 7) is 9.73. The van der Waals surface area contributed by atoms with E-state index < -0.39 is 97.5 Å². The highest BCUT2D eigenvalue weighted by atomic mass is 31.2. The van der Waals surface area contributed by atoms with Crippen LogP contribution >= 0.6 is 15.6 Å². The Kier molecular flexibility index (Phi) is 73.1. The van der Waals surface area contributed by atoms with Gasteiger partial charge in [0.2, 0.25) is 0 Å². The van der Waals surface area contributed by atoms with Crippen molar-refractivity contribution in [3.05, 3.63) is 0 Å². The van der Waals surface area contributed by atoms with E-state index in [4.69, 9.17) is 37.0 Å². The van der Waals surface area contributed by atoms with E-state index in [0.717, 1.165) is 102 Å². The van der Waals surface area contributed by atoms with Crippen LogP contribution in [0.3, 0.4) is 0 Å². The number of esters is 4. The number of ether oxygens (including phenoxy) is 4. The third kappa shape index (κ3) is 74.9. The third-order valence-corrected chi connectivity index (χ3v) is 21.7. The molecule has 3 N–H and O–H groups in total. The zero-order valence-electron chi connectivity index (χ0n) is 66.9. The van der Waals surface area contributed by atoms with Crippen molar-refractivity contribution in [1.29, 1.82) is 0 Å². The Morgan fingerprint density at radius 1 is 0.284 bits per heavy atom. The van der Waals surface area contributed by atoms with Crippen molar-refractivity contribution < 1.29 is 80.2 Å². The number of phosphoric acid groups is 2. The number of unbranched alkanes of at least 4 members (excludes halogenated alkanes) is 51. The number of hydrogen-bond donors (Lipinski definition) is 3. The smallest absolute Gasteiger partial charge is 0.462 e. The molecule has 19 heteroatoms. The summed E-state index contributed by atoms with van der Waals surface area (Å²) in [6.07, 6.45) is 65.2. The molecule has 0 aromatic carbocycles. The molecule has 6 atom stereocenters. The monoisotopic (exact) mass is 1490 g/mol. The molecule has 0 amide bonds. The highest BCUT2D eigenvalue weighted by Gasteiger charge is 2.30. The topological polar surface area (TPSA) is 237 Å². The standard InChI is InChI=1S/C83H162O17P2/c1-7-10-12-14-16-18-19-29-37-43-49-55-61-67-82(87)99-78(71-93-80(85)65-59-53-47-39-17-15-13-11-8-2)73-97-101(89,90)95-69-77(84)70-96-102(91,92)98-74-79(72-94-81(86)66-60-54-48-42-36-32-28-24-25-30-34-40-45-51-57-63-75(4)5)100-83(88)68-62-56-50-44-38-33-27-23-21-20-22-26-31-35-41-46-52-58-64-76(6)9-3/h75-79,84H,7-74H2,1-6H3,(H,89,90)(H,91,92)/t76?,77-,78+,79+/m0/s1. The van der Waals surface area contributed by atoms with E-state index in [-0.39, 0.29) is 25.7 Å². The van der Waals surface area contributed by atoms with Crippen molar-refractivity contribution in [2.75, 3.05) is 39.6 Å². The SMILES string of the molecule is CCCCCCCCCCCCCCCC(=O)O[C@H](COC(=O)CCCCCCCCCCC)COP(=O)(O)OC[C@H](O)COP(=O)(O)OC[C@@H](COC(=O)CCCCCCCCCCCCCCCCCC(C)C)OC(=O)CCCCCCCCCCCCCCCCCCCCC(C)CC. The van der Waals surface area contributed by atoms with Gasteiger partial charge in [0, 0.05) is 25.7 Å². The summed E-state index contributed by atoms with van der Waals surface area (Å²) in [7, 11) is -9.92. The van der Waals surface area contributed by atoms with Gasteiger partial charge in [0.25, 0.3) is 0 Å². The van der Waals surface area contributed by atoms with Gasteiger partial charge in [-0.25, -0.2) is 9.13 Å². The van der Waals surface area contributed by atoms with Crippen LogP contribution in [-0.2, 0) is 65.4 Å². The highest BCUT2D eigenvalue weighted by molar-refractivity contribution is 7.47. The van der Waals surface area contributed by atoms with Gasteiger partial charge in [-0.3, -0.25) is 37.3 Å². The maximum Gasteiger partial charge on any atom is 0.472 e. The summed E-state index contributed by atoms with van der Waals surface area (Å²) in [5, 5.41) is 10.6. The molecule has 0 rings (SSSR count). The minimum atomic E-state index is -4.96. The Bertz CT molecular complexity index is 1960. The van der Waals surface area contributed by atoms with E-state index in [2.05, 4.69) is 41.5 Å². The second-order valence-corrected chi connectivity index (χ2v) is 33.5. The molecular formula is C83H162O17P2. The first kappa shape index (κ1) is 100. The average molecular weight is 1490 g/mol. The first-order valence-corrected chi connectivity index (χ1v) is 46.0. The molecule has 0 bridgehead atoms. The second kappa shape index (κ2) is 74.5. The fourth-order valence-corrected chi connectivity index (χ4v) is 14.4. The van der Waals surface area contributed by atoms with E-state index in [9.17, 15) is 43.2 Å². The van der Waals surface area contributed by atoms with Gasteiger partial charge in [-0.1, -0.05) is 388 Å². The molecule has 0 aromatic rings. The molecule has 0 aliphatic rings. The molecule has 17 nitrogen and oxygen atoms in total. The zero-order valence-corrected chi connectivity index (χ0v) is 68.7. The van der Waals surface area contributed by atoms with Gasteiger partial charge in [-0.15, -0.1) is 0 Å². The number of aliphatic hydroxyl groups excluding tert-OH is 1. The molecule has 102 heavy (non-hydrogen) atoms. The van der Waals surface area contributed by atoms with Crippen molar-refractivity contribution in [1.82, 2.24) is 0 Å². The Morgan fingerprint density at radius 3 is 0.745 bits per heavy atom. The molecule has 606 valence electrons. The summed E-state index contributed by atoms with van der Waals surface area (Å²) < 4.78 is 68.7. The quantitative estimate of drug-likeness (QED) is 0.0222. The van der Waals surface area contributed by atoms with E-state index >= 15 is 0 Å². The zero-order chi connectivity index (χ0) is 74.9. The van der Waals surface area contributed by atoms with E-state index in [0.29, 0.717) is 25.7 Å². The number of carbonyl (C=O) groups is 4. The lowest BCUT2D eigenvalue weighted by Crippen LogP contribution is -2.30. The molecule has 0 fully saturated rings. The van der Waals surface area contributed by atoms with Crippen molar-refractivity contribution in [2.45, 2.75) is 458 Å². The van der Waals surface area contributed by atoms with Crippen LogP contribution in [0.4, 0.5) is 0 Å². The Balaban J connectivity index is 5.20. The maximum absolute atomic E-state index is 13.1. The van der Waals surface area contributed by atoms with Crippen molar-refractivity contribution in [3.8, 4) is 0 Å². The summed E-state index contributed by atoms with van der Waals surface area (Å²) in [5.41, 5.74) is 0. The normalized spacial score (nSPS) is 14.1. The maximum atomic E-state index is 13.1. The predicted molar refractivity (Wildman–Crippen MR) is 418 cm³/mol. The first-order valence-electron chi connectivity index (χ1n) is 43.0. The molecule has 0 aliphatic heterocycles. The lowest BCUT2D eigenvalue weighted by atomic mass is 9.99. The summed E-state index contributed by atoms with van der Waals surface area (Å²) >= 11 is 0. The summed E-state index contributed by atoms with van der Waals surface area (Å²) in [4.78, 5) is 73.0. The van der Waals surface area contributed by atoms with Crippen LogP contribution in [0, 0.1) is 11.8 Å². The summed E-state index contributed by atoms with van der Waals surface area (Å²) in [6, 6.07) is 0. The molecule has 0 aromatic heterocycles. The molecule has 0 radical (unpaired) electrons. The Labute approximate surface area is 626 Å². The van der Waals surface area contributed by atoms with Gasteiger partial charge in [-0.2, -0.15) is 0 Å². The van der Waals surface area contributed by atoms with Gasteiger partial charge in [0.15, 0.2) is 12.2 Å². The van der Waals surface area contributed by atoms with Crippen LogP contribution < -0.4 is 0 Å². The fraction of sp³-hybridized carbons (Fsp3) is 0.952. The van der Waals surface area contributed by atoms with Gasteiger partial charge in [-0.05, 0) is 37.5 Å². The Morgan fingerprint density at radius 2 is 0.500 bits per heavy atom. The lowest BCUT2D eigenvalue weighted by Gasteiger charge is -2.21. The van der Waals surface area contributed by atoms with E-state index in [1.54, 1.807) is 0 Å². The molecule has 0 aliphatic carbocycles. The minimum absolute atomic E-state index is 0.108. The predicted octanol–water partition coefficient (Wildman–Crippen LogP) is 25.1. The van der Waals surface area contributed by atoms with Gasteiger partial charge >= 0.3 is 39.5 Å². The molecule has 0 saturated carbocycles. The number of rotatable bonds is 82. The number of phosphoric ester groups is 2. The third-order valence-electron chi connectivity index (χ3n) is 19.8. The average Bonchev–Trinajstić information content (AvgIpc) is 0.915. The van der Waals surface area contributed by atoms with Gasteiger partial charge < -0.3 is 33.8 Å². The molecule has 0 heterocycles. The lowest BCUT2D eigenvalue weighted by molar-refractivity contribution is -0.161. The van der Waals surface area contributed by atoms with Crippen LogP contribution in [0.5, 0.6) is 0 Å². The van der Waals surface area contributed by atoms with Crippen LogP contribution in [0.25, 0.3) is 0 Å². The van der Waals surface area contributed by atoms with Gasteiger partial charge in [0.05, 0.1) is 26.4 Å². The number of aliphatic hydroxyl groups is 1. The van der Waals surface area contributed by atoms with Crippen LogP contribution in [0.2, 0.25) is 0 Å².